The maximum Gasteiger partial charge on any atom is 0.336 e. The van der Waals surface area contributed by atoms with Gasteiger partial charge in [0.05, 0.1) is 5.56 Å². The van der Waals surface area contributed by atoms with Crippen molar-refractivity contribution in [2.75, 3.05) is 0 Å². The third-order valence-electron chi connectivity index (χ3n) is 3.97. The lowest BCUT2D eigenvalue weighted by Gasteiger charge is -2.15. The number of ketones is 1. The number of carboxylic acid groups (broad SMARTS) is 1. The van der Waals surface area contributed by atoms with Crippen LogP contribution in [0.3, 0.4) is 0 Å². The van der Waals surface area contributed by atoms with Gasteiger partial charge < -0.3 is 5.11 Å². The van der Waals surface area contributed by atoms with Crippen molar-refractivity contribution in [3.63, 3.8) is 0 Å². The second-order valence-electron chi connectivity index (χ2n) is 5.86. The van der Waals surface area contributed by atoms with E-state index in [2.05, 4.69) is 0 Å². The van der Waals surface area contributed by atoms with Gasteiger partial charge >= 0.3 is 5.97 Å². The monoisotopic (exact) mass is 296 g/mol. The number of aromatic carboxylic acids is 1. The number of benzene rings is 2. The van der Waals surface area contributed by atoms with Gasteiger partial charge in [-0.25, -0.2) is 4.79 Å². The molecule has 0 bridgehead atoms. The molecule has 1 N–H and O–H groups in total. The standard InChI is InChI=1S/C19H20O3/c1-10-8-13(4)15(14(5)9-10)18(20)16-11(2)6-7-12(3)17(16)19(21)22/h6-9H,1-5H3,(H,21,22). The van der Waals surface area contributed by atoms with Crippen LogP contribution in [0.1, 0.15) is 54.1 Å². The zero-order valence-electron chi connectivity index (χ0n) is 13.6. The summed E-state index contributed by atoms with van der Waals surface area (Å²) in [4.78, 5) is 24.6. The van der Waals surface area contributed by atoms with Crippen LogP contribution in [0, 0.1) is 34.6 Å². The highest BCUT2D eigenvalue weighted by Gasteiger charge is 2.24. The van der Waals surface area contributed by atoms with Gasteiger partial charge in [0, 0.05) is 11.1 Å². The van der Waals surface area contributed by atoms with Crippen LogP contribution in [0.25, 0.3) is 0 Å². The third-order valence-corrected chi connectivity index (χ3v) is 3.97. The van der Waals surface area contributed by atoms with E-state index in [-0.39, 0.29) is 11.3 Å². The van der Waals surface area contributed by atoms with Crippen LogP contribution in [-0.4, -0.2) is 16.9 Å². The SMILES string of the molecule is Cc1cc(C)c(C(=O)c2c(C)ccc(C)c2C(=O)O)c(C)c1. The van der Waals surface area contributed by atoms with Crippen molar-refractivity contribution in [2.24, 2.45) is 0 Å². The molecule has 0 unspecified atom stereocenters. The summed E-state index contributed by atoms with van der Waals surface area (Å²) in [6, 6.07) is 7.44. The van der Waals surface area contributed by atoms with Crippen LogP contribution < -0.4 is 0 Å². The number of carboxylic acids is 1. The fraction of sp³-hybridized carbons (Fsp3) is 0.263. The van der Waals surface area contributed by atoms with Crippen LogP contribution in [0.5, 0.6) is 0 Å². The smallest absolute Gasteiger partial charge is 0.336 e. The molecule has 0 aliphatic heterocycles. The molecule has 0 radical (unpaired) electrons. The van der Waals surface area contributed by atoms with E-state index >= 15 is 0 Å². The molecule has 0 saturated carbocycles. The molecule has 2 rings (SSSR count). The largest absolute Gasteiger partial charge is 0.478 e. The molecule has 0 aromatic heterocycles. The van der Waals surface area contributed by atoms with Crippen molar-refractivity contribution >= 4 is 11.8 Å². The third kappa shape index (κ3) is 2.67. The first-order chi connectivity index (χ1) is 10.2. The lowest BCUT2D eigenvalue weighted by molar-refractivity contribution is 0.0691. The first-order valence-electron chi connectivity index (χ1n) is 7.20. The Morgan fingerprint density at radius 2 is 1.18 bits per heavy atom. The molecule has 0 aliphatic carbocycles. The van der Waals surface area contributed by atoms with Gasteiger partial charge in [-0.1, -0.05) is 29.8 Å². The highest BCUT2D eigenvalue weighted by molar-refractivity contribution is 6.16. The summed E-state index contributed by atoms with van der Waals surface area (Å²) in [5, 5.41) is 9.50. The Morgan fingerprint density at radius 1 is 0.727 bits per heavy atom. The Labute approximate surface area is 130 Å². The maximum atomic E-state index is 13.0. The Kier molecular flexibility index (Phi) is 4.18. The number of hydrogen-bond donors (Lipinski definition) is 1. The van der Waals surface area contributed by atoms with Gasteiger partial charge in [0.15, 0.2) is 5.78 Å². The maximum absolute atomic E-state index is 13.0. The topological polar surface area (TPSA) is 54.4 Å². The number of carbonyl (C=O) groups is 2. The predicted molar refractivity (Wildman–Crippen MR) is 87.0 cm³/mol. The second-order valence-corrected chi connectivity index (χ2v) is 5.86. The Bertz CT molecular complexity index is 763. The molecule has 0 atom stereocenters. The molecule has 0 amide bonds. The van der Waals surface area contributed by atoms with E-state index in [0.29, 0.717) is 22.3 Å². The van der Waals surface area contributed by atoms with Crippen molar-refractivity contribution in [1.82, 2.24) is 0 Å². The molecular weight excluding hydrogens is 276 g/mol. The molecule has 3 heteroatoms. The van der Waals surface area contributed by atoms with Crippen LogP contribution in [0.2, 0.25) is 0 Å². The van der Waals surface area contributed by atoms with Crippen LogP contribution >= 0.6 is 0 Å². The molecular formula is C19H20O3. The van der Waals surface area contributed by atoms with Gasteiger partial charge in [-0.05, 0) is 56.9 Å². The van der Waals surface area contributed by atoms with Gasteiger partial charge in [0.1, 0.15) is 0 Å². The van der Waals surface area contributed by atoms with Crippen molar-refractivity contribution in [3.05, 3.63) is 68.8 Å². The minimum Gasteiger partial charge on any atom is -0.478 e. The number of carbonyl (C=O) groups excluding carboxylic acids is 1. The van der Waals surface area contributed by atoms with Crippen molar-refractivity contribution in [2.45, 2.75) is 34.6 Å². The molecule has 22 heavy (non-hydrogen) atoms. The van der Waals surface area contributed by atoms with Crippen LogP contribution in [-0.2, 0) is 0 Å². The molecule has 3 nitrogen and oxygen atoms in total. The minimum atomic E-state index is -1.06. The van der Waals surface area contributed by atoms with Gasteiger partial charge in [-0.15, -0.1) is 0 Å². The van der Waals surface area contributed by atoms with Gasteiger partial charge in [-0.3, -0.25) is 4.79 Å². The number of aryl methyl sites for hydroxylation is 5. The molecule has 0 fully saturated rings. The predicted octanol–water partition coefficient (Wildman–Crippen LogP) is 4.16. The molecule has 0 aliphatic rings. The first kappa shape index (κ1) is 16.0. The van der Waals surface area contributed by atoms with Gasteiger partial charge in [-0.2, -0.15) is 0 Å². The summed E-state index contributed by atoms with van der Waals surface area (Å²) in [5.74, 6) is -1.28. The first-order valence-corrected chi connectivity index (χ1v) is 7.20. The second kappa shape index (κ2) is 5.76. The Balaban J connectivity index is 2.76. The van der Waals surface area contributed by atoms with Crippen LogP contribution in [0.4, 0.5) is 0 Å². The number of hydrogen-bond acceptors (Lipinski definition) is 2. The molecule has 0 spiro atoms. The average Bonchev–Trinajstić information content (AvgIpc) is 2.39. The van der Waals surface area contributed by atoms with Gasteiger partial charge in [0.2, 0.25) is 0 Å². The quantitative estimate of drug-likeness (QED) is 0.865. The summed E-state index contributed by atoms with van der Waals surface area (Å²) < 4.78 is 0. The summed E-state index contributed by atoms with van der Waals surface area (Å²) in [6.07, 6.45) is 0. The van der Waals surface area contributed by atoms with E-state index in [9.17, 15) is 14.7 Å². The fourth-order valence-corrected chi connectivity index (χ4v) is 3.04. The van der Waals surface area contributed by atoms with Gasteiger partial charge in [0.25, 0.3) is 0 Å². The number of rotatable bonds is 3. The summed E-state index contributed by atoms with van der Waals surface area (Å²) in [6.45, 7) is 9.25. The van der Waals surface area contributed by atoms with E-state index < -0.39 is 5.97 Å². The van der Waals surface area contributed by atoms with E-state index in [0.717, 1.165) is 16.7 Å². The molecule has 0 saturated heterocycles. The summed E-state index contributed by atoms with van der Waals surface area (Å²) >= 11 is 0. The Morgan fingerprint density at radius 3 is 1.64 bits per heavy atom. The van der Waals surface area contributed by atoms with Crippen LogP contribution in [0.15, 0.2) is 24.3 Å². The zero-order chi connectivity index (χ0) is 16.6. The van der Waals surface area contributed by atoms with Crippen molar-refractivity contribution in [3.8, 4) is 0 Å². The zero-order valence-corrected chi connectivity index (χ0v) is 13.6. The lowest BCUT2D eigenvalue weighted by atomic mass is 9.87. The molecule has 114 valence electrons. The molecule has 2 aromatic carbocycles. The fourth-order valence-electron chi connectivity index (χ4n) is 3.04. The molecule has 0 heterocycles. The average molecular weight is 296 g/mol. The van der Waals surface area contributed by atoms with Crippen molar-refractivity contribution < 1.29 is 14.7 Å². The highest BCUT2D eigenvalue weighted by atomic mass is 16.4. The van der Waals surface area contributed by atoms with E-state index in [1.165, 1.54) is 0 Å². The summed E-state index contributed by atoms with van der Waals surface area (Å²) in [7, 11) is 0. The highest BCUT2D eigenvalue weighted by Crippen LogP contribution is 2.26. The lowest BCUT2D eigenvalue weighted by Crippen LogP contribution is -2.15. The minimum absolute atomic E-state index is 0.101. The summed E-state index contributed by atoms with van der Waals surface area (Å²) in [5.41, 5.74) is 5.12. The van der Waals surface area contributed by atoms with E-state index in [1.807, 2.05) is 32.9 Å². The normalized spacial score (nSPS) is 10.6. The van der Waals surface area contributed by atoms with Crippen molar-refractivity contribution in [1.29, 1.82) is 0 Å². The Hall–Kier alpha value is -2.42. The molecule has 2 aromatic rings. The van der Waals surface area contributed by atoms with E-state index in [4.69, 9.17) is 0 Å². The van der Waals surface area contributed by atoms with E-state index in [1.54, 1.807) is 26.0 Å².